The number of carbonyl (C=O) groups is 2. The van der Waals surface area contributed by atoms with E-state index in [0.717, 1.165) is 0 Å². The van der Waals surface area contributed by atoms with Gasteiger partial charge in [-0.25, -0.2) is 14.0 Å². The molecule has 0 aliphatic rings. The molecule has 2 rings (SSSR count). The number of nitrogens with two attached hydrogens (primary N) is 1. The number of hydrogen-bond donors (Lipinski definition) is 3. The number of aromatic hydroxyl groups is 1. The number of esters is 1. The van der Waals surface area contributed by atoms with Crippen molar-refractivity contribution < 1.29 is 28.6 Å². The van der Waals surface area contributed by atoms with Crippen LogP contribution in [0.1, 0.15) is 19.4 Å². The highest BCUT2D eigenvalue weighted by Gasteiger charge is 2.24. The van der Waals surface area contributed by atoms with Crippen molar-refractivity contribution in [3.8, 4) is 23.3 Å². The topological polar surface area (TPSA) is 147 Å². The lowest BCUT2D eigenvalue weighted by atomic mass is 9.99. The number of nitrogens with one attached hydrogen (secondary N) is 1. The molecule has 0 fully saturated rings. The average Bonchev–Trinajstić information content (AvgIpc) is 2.65. The van der Waals surface area contributed by atoms with Crippen molar-refractivity contribution in [1.82, 2.24) is 0 Å². The molecule has 0 atom stereocenters. The molecule has 0 saturated heterocycles. The Labute approximate surface area is 185 Å². The summed E-state index contributed by atoms with van der Waals surface area (Å²) in [5.74, 6) is -1.39. The number of carbonyl (C=O) groups excluding carboxylic acids is 2. The number of alkyl halides is 1. The van der Waals surface area contributed by atoms with Crippen molar-refractivity contribution in [3.05, 3.63) is 45.9 Å². The maximum absolute atomic E-state index is 14.2. The lowest BCUT2D eigenvalue weighted by Gasteiger charge is -2.18. The summed E-state index contributed by atoms with van der Waals surface area (Å²) in [7, 11) is 0. The molecule has 2 aromatic rings. The first-order valence-corrected chi connectivity index (χ1v) is 9.12. The first-order chi connectivity index (χ1) is 14.4. The number of phenolic OH excluding ortho intramolecular Hbond substituents is 1. The maximum atomic E-state index is 14.2. The fraction of sp³-hybridized carbons (Fsp3) is 0.158. The number of primary amides is 1. The molecule has 9 nitrogen and oxygen atoms in total. The highest BCUT2D eigenvalue weighted by atomic mass is 35.5. The zero-order valence-electron chi connectivity index (χ0n) is 16.1. The Kier molecular flexibility index (Phi) is 7.28. The normalized spacial score (nSPS) is 11.4. The van der Waals surface area contributed by atoms with Gasteiger partial charge in [-0.2, -0.15) is 10.4 Å². The Bertz CT molecular complexity index is 1090. The summed E-state index contributed by atoms with van der Waals surface area (Å²) >= 11 is 12.4. The molecule has 0 radical (unpaired) electrons. The smallest absolute Gasteiger partial charge is 0.412 e. The second-order valence-corrected chi connectivity index (χ2v) is 7.23. The molecule has 0 aliphatic carbocycles. The molecular formula is C19H15Cl2FN4O5. The minimum atomic E-state index is -1.82. The van der Waals surface area contributed by atoms with E-state index in [-0.39, 0.29) is 38.5 Å². The number of anilines is 1. The molecule has 0 bridgehead atoms. The van der Waals surface area contributed by atoms with Crippen LogP contribution in [0.3, 0.4) is 0 Å². The van der Waals surface area contributed by atoms with E-state index in [9.17, 15) is 19.1 Å². The fourth-order valence-corrected chi connectivity index (χ4v) is 2.84. The zero-order valence-corrected chi connectivity index (χ0v) is 17.6. The van der Waals surface area contributed by atoms with Crippen LogP contribution in [0.15, 0.2) is 35.4 Å². The first kappa shape index (κ1) is 23.7. The van der Waals surface area contributed by atoms with E-state index in [0.29, 0.717) is 0 Å². The molecule has 31 heavy (non-hydrogen) atoms. The van der Waals surface area contributed by atoms with Gasteiger partial charge in [-0.15, -0.1) is 0 Å². The number of benzene rings is 2. The van der Waals surface area contributed by atoms with E-state index in [1.807, 2.05) is 0 Å². The van der Waals surface area contributed by atoms with Crippen molar-refractivity contribution >= 4 is 46.7 Å². The third-order valence-electron chi connectivity index (χ3n) is 3.62. The van der Waals surface area contributed by atoms with Gasteiger partial charge in [-0.1, -0.05) is 23.2 Å². The molecule has 2 aromatic carbocycles. The van der Waals surface area contributed by atoms with Crippen molar-refractivity contribution in [2.24, 2.45) is 10.8 Å². The summed E-state index contributed by atoms with van der Waals surface area (Å²) in [5.41, 5.74) is 4.64. The lowest BCUT2D eigenvalue weighted by molar-refractivity contribution is -0.129. The molecule has 12 heteroatoms. The monoisotopic (exact) mass is 468 g/mol. The van der Waals surface area contributed by atoms with E-state index in [1.54, 1.807) is 0 Å². The molecule has 0 unspecified atom stereocenters. The quantitative estimate of drug-likeness (QED) is 0.242. The van der Waals surface area contributed by atoms with Crippen LogP contribution in [0, 0.1) is 11.3 Å². The van der Waals surface area contributed by atoms with Gasteiger partial charge in [0.05, 0.1) is 15.7 Å². The van der Waals surface area contributed by atoms with Crippen LogP contribution in [0.2, 0.25) is 10.0 Å². The zero-order chi connectivity index (χ0) is 23.3. The van der Waals surface area contributed by atoms with Crippen molar-refractivity contribution in [3.63, 3.8) is 0 Å². The minimum absolute atomic E-state index is 0.0109. The minimum Gasteiger partial charge on any atom is -0.508 e. The van der Waals surface area contributed by atoms with Gasteiger partial charge in [-0.3, -0.25) is 5.43 Å². The Morgan fingerprint density at radius 3 is 2.39 bits per heavy atom. The molecular weight excluding hydrogens is 454 g/mol. The van der Waals surface area contributed by atoms with Gasteiger partial charge in [0.15, 0.2) is 5.75 Å². The van der Waals surface area contributed by atoms with Crippen LogP contribution < -0.4 is 15.9 Å². The largest absolute Gasteiger partial charge is 0.508 e. The summed E-state index contributed by atoms with van der Waals surface area (Å²) in [6.07, 6.45) is -1.39. The Hall–Kier alpha value is -3.55. The molecule has 0 saturated carbocycles. The van der Waals surface area contributed by atoms with E-state index in [4.69, 9.17) is 38.9 Å². The van der Waals surface area contributed by atoms with E-state index < -0.39 is 23.4 Å². The Balaban J connectivity index is 2.27. The number of nitriles is 1. The molecule has 0 aromatic heterocycles. The number of hydrazone groups is 1. The van der Waals surface area contributed by atoms with E-state index >= 15 is 0 Å². The fourth-order valence-electron chi connectivity index (χ4n) is 2.27. The number of rotatable bonds is 6. The number of phenols is 1. The summed E-state index contributed by atoms with van der Waals surface area (Å²) in [6, 6.07) is 8.06. The van der Waals surface area contributed by atoms with Crippen LogP contribution in [-0.4, -0.2) is 22.9 Å². The van der Waals surface area contributed by atoms with Gasteiger partial charge in [0.1, 0.15) is 23.2 Å². The van der Waals surface area contributed by atoms with Gasteiger partial charge in [0.25, 0.3) is 0 Å². The Morgan fingerprint density at radius 2 is 1.87 bits per heavy atom. The highest BCUT2D eigenvalue weighted by molar-refractivity contribution is 6.44. The van der Waals surface area contributed by atoms with Crippen LogP contribution in [-0.2, 0) is 15.2 Å². The van der Waals surface area contributed by atoms with Gasteiger partial charge in [-0.05, 0) is 44.2 Å². The number of nitrogens with zero attached hydrogens (tertiary/aromatic N) is 2. The molecule has 4 N–H and O–H groups in total. The van der Waals surface area contributed by atoms with Gasteiger partial charge >= 0.3 is 12.1 Å². The van der Waals surface area contributed by atoms with Gasteiger partial charge in [0, 0.05) is 5.56 Å². The third-order valence-corrected chi connectivity index (χ3v) is 4.18. The van der Waals surface area contributed by atoms with Gasteiger partial charge in [0.2, 0.25) is 5.71 Å². The SMILES string of the molecule is CC(C)(F)c1cc(Oc2c(Cl)cc(NN=C(C#N)C(=O)OC(N)=O)cc2Cl)ccc1O. The van der Waals surface area contributed by atoms with Crippen molar-refractivity contribution in [1.29, 1.82) is 5.26 Å². The summed E-state index contributed by atoms with van der Waals surface area (Å²) in [5, 5.41) is 22.3. The van der Waals surface area contributed by atoms with Crippen LogP contribution in [0.5, 0.6) is 17.2 Å². The van der Waals surface area contributed by atoms with Crippen molar-refractivity contribution in [2.75, 3.05) is 5.43 Å². The maximum Gasteiger partial charge on any atom is 0.412 e. The summed E-state index contributed by atoms with van der Waals surface area (Å²) in [6.45, 7) is 2.56. The predicted octanol–water partition coefficient (Wildman–Crippen LogP) is 4.61. The van der Waals surface area contributed by atoms with Crippen molar-refractivity contribution in [2.45, 2.75) is 19.5 Å². The van der Waals surface area contributed by atoms with Crippen LogP contribution in [0.4, 0.5) is 14.9 Å². The number of halogens is 3. The van der Waals surface area contributed by atoms with Crippen LogP contribution >= 0.6 is 23.2 Å². The number of amides is 1. The van der Waals surface area contributed by atoms with E-state index in [2.05, 4.69) is 15.3 Å². The van der Waals surface area contributed by atoms with Crippen LogP contribution in [0.25, 0.3) is 0 Å². The predicted molar refractivity (Wildman–Crippen MR) is 111 cm³/mol. The molecule has 0 aliphatic heterocycles. The van der Waals surface area contributed by atoms with Gasteiger partial charge < -0.3 is 20.3 Å². The average molecular weight is 469 g/mol. The standard InChI is InChI=1S/C19H15Cl2FN4O5/c1-19(2,22)11-7-10(3-4-15(11)27)30-16-12(20)5-9(6-13(16)21)25-26-14(8-23)17(28)31-18(24)29/h3-7,25,27H,1-2H3,(H2,24,29). The van der Waals surface area contributed by atoms with E-state index in [1.165, 1.54) is 50.2 Å². The Morgan fingerprint density at radius 1 is 1.26 bits per heavy atom. The second-order valence-electron chi connectivity index (χ2n) is 6.42. The lowest BCUT2D eigenvalue weighted by Crippen LogP contribution is -2.24. The molecule has 0 heterocycles. The molecule has 1 amide bonds. The molecule has 0 spiro atoms. The summed E-state index contributed by atoms with van der Waals surface area (Å²) < 4.78 is 23.9. The molecule has 162 valence electrons. The second kappa shape index (κ2) is 9.51. The first-order valence-electron chi connectivity index (χ1n) is 8.37. The number of ether oxygens (including phenoxy) is 2. The summed E-state index contributed by atoms with van der Waals surface area (Å²) in [4.78, 5) is 22.1. The number of hydrogen-bond acceptors (Lipinski definition) is 8. The third kappa shape index (κ3) is 6.21. The highest BCUT2D eigenvalue weighted by Crippen LogP contribution is 2.41.